The Kier molecular flexibility index (Phi) is 7.73. The van der Waals surface area contributed by atoms with E-state index in [1.165, 1.54) is 63.6 Å². The number of aromatic nitrogens is 3. The van der Waals surface area contributed by atoms with Crippen LogP contribution < -0.4 is 10.6 Å². The first-order chi connectivity index (χ1) is 15.2. The molecule has 0 aromatic carbocycles. The fraction of sp³-hybridized carbons (Fsp3) is 0.640. The van der Waals surface area contributed by atoms with Crippen molar-refractivity contribution in [2.45, 2.75) is 83.7 Å². The molecule has 3 heterocycles. The zero-order valence-corrected chi connectivity index (χ0v) is 19.2. The van der Waals surface area contributed by atoms with E-state index < -0.39 is 0 Å². The van der Waals surface area contributed by atoms with Crippen molar-refractivity contribution in [1.29, 1.82) is 0 Å². The highest BCUT2D eigenvalue weighted by Crippen LogP contribution is 2.30. The number of unbranched alkanes of at least 4 members (excludes halogenated alkanes) is 1. The highest BCUT2D eigenvalue weighted by Gasteiger charge is 2.21. The topological polar surface area (TPSA) is 66.0 Å². The molecular formula is C25H38N6. The first-order valence-electron chi connectivity index (χ1n) is 12.3. The summed E-state index contributed by atoms with van der Waals surface area (Å²) in [6.45, 7) is 7.77. The number of nitrogens with zero attached hydrogens (tertiary/aromatic N) is 4. The van der Waals surface area contributed by atoms with Gasteiger partial charge >= 0.3 is 0 Å². The highest BCUT2D eigenvalue weighted by atomic mass is 15.2. The van der Waals surface area contributed by atoms with Crippen molar-refractivity contribution in [3.05, 3.63) is 30.1 Å². The Hall–Kier alpha value is -2.21. The minimum absolute atomic E-state index is 0.422. The van der Waals surface area contributed by atoms with Crippen molar-refractivity contribution in [2.24, 2.45) is 0 Å². The van der Waals surface area contributed by atoms with E-state index in [9.17, 15) is 0 Å². The van der Waals surface area contributed by atoms with Gasteiger partial charge in [-0.05, 0) is 63.7 Å². The maximum atomic E-state index is 4.85. The molecule has 1 unspecified atom stereocenters. The van der Waals surface area contributed by atoms with Gasteiger partial charge in [-0.25, -0.2) is 4.98 Å². The van der Waals surface area contributed by atoms with E-state index in [1.54, 1.807) is 0 Å². The van der Waals surface area contributed by atoms with Crippen molar-refractivity contribution >= 4 is 11.8 Å². The van der Waals surface area contributed by atoms with Crippen LogP contribution in [0.5, 0.6) is 0 Å². The van der Waals surface area contributed by atoms with Crippen LogP contribution >= 0.6 is 0 Å². The molecule has 1 atom stereocenters. The Bertz CT molecular complexity index is 809. The van der Waals surface area contributed by atoms with Crippen molar-refractivity contribution in [2.75, 3.05) is 30.3 Å². The van der Waals surface area contributed by atoms with Gasteiger partial charge in [0.2, 0.25) is 5.95 Å². The molecule has 2 aromatic rings. The lowest BCUT2D eigenvalue weighted by Gasteiger charge is -2.25. The number of anilines is 2. The summed E-state index contributed by atoms with van der Waals surface area (Å²) in [4.78, 5) is 16.8. The van der Waals surface area contributed by atoms with Gasteiger partial charge in [0.25, 0.3) is 0 Å². The van der Waals surface area contributed by atoms with Crippen LogP contribution in [-0.2, 0) is 0 Å². The lowest BCUT2D eigenvalue weighted by atomic mass is 9.95. The molecule has 2 fully saturated rings. The lowest BCUT2D eigenvalue weighted by Crippen LogP contribution is -2.24. The van der Waals surface area contributed by atoms with Crippen LogP contribution in [0.1, 0.15) is 83.2 Å². The largest absolute Gasteiger partial charge is 0.367 e. The van der Waals surface area contributed by atoms with E-state index in [0.29, 0.717) is 18.0 Å². The molecule has 0 bridgehead atoms. The number of hydrogen-bond donors (Lipinski definition) is 2. The van der Waals surface area contributed by atoms with Gasteiger partial charge in [0.05, 0.1) is 11.3 Å². The van der Waals surface area contributed by atoms with E-state index in [1.807, 2.05) is 12.4 Å². The van der Waals surface area contributed by atoms with Gasteiger partial charge in [-0.1, -0.05) is 38.7 Å². The smallest absolute Gasteiger partial charge is 0.224 e. The third-order valence-corrected chi connectivity index (χ3v) is 6.78. The molecule has 168 valence electrons. The predicted octanol–water partition coefficient (Wildman–Crippen LogP) is 5.65. The van der Waals surface area contributed by atoms with Gasteiger partial charge in [-0.15, -0.1) is 0 Å². The molecule has 2 aromatic heterocycles. The molecule has 6 nitrogen and oxygen atoms in total. The zero-order valence-electron chi connectivity index (χ0n) is 19.2. The molecule has 2 aliphatic rings. The fourth-order valence-corrected chi connectivity index (χ4v) is 4.73. The highest BCUT2D eigenvalue weighted by molar-refractivity contribution is 5.73. The molecule has 4 rings (SSSR count). The third kappa shape index (κ3) is 5.73. The molecule has 2 N–H and O–H groups in total. The van der Waals surface area contributed by atoms with Crippen molar-refractivity contribution < 1.29 is 0 Å². The first kappa shape index (κ1) is 22.0. The van der Waals surface area contributed by atoms with Crippen LogP contribution in [0.4, 0.5) is 11.8 Å². The Morgan fingerprint density at radius 2 is 1.84 bits per heavy atom. The van der Waals surface area contributed by atoms with Crippen molar-refractivity contribution in [3.63, 3.8) is 0 Å². The standard InChI is InChI=1S/C25H38N6/c1-3-4-14-26-25-28-18-22(24(30-25)29-21-10-6-5-7-11-21)23-13-12-20(17-27-23)19(2)31-15-8-9-16-31/h12-13,17-19,21H,3-11,14-16H2,1-2H3,(H2,26,28,29,30). The van der Waals surface area contributed by atoms with E-state index in [2.05, 4.69) is 46.5 Å². The summed E-state index contributed by atoms with van der Waals surface area (Å²) >= 11 is 0. The minimum atomic E-state index is 0.422. The molecule has 31 heavy (non-hydrogen) atoms. The maximum Gasteiger partial charge on any atom is 0.224 e. The number of rotatable bonds is 9. The molecular weight excluding hydrogens is 384 g/mol. The van der Waals surface area contributed by atoms with Crippen LogP contribution in [0.15, 0.2) is 24.5 Å². The van der Waals surface area contributed by atoms with Crippen LogP contribution in [-0.4, -0.2) is 45.5 Å². The molecule has 0 amide bonds. The van der Waals surface area contributed by atoms with Crippen LogP contribution in [0.25, 0.3) is 11.3 Å². The fourth-order valence-electron chi connectivity index (χ4n) is 4.73. The first-order valence-corrected chi connectivity index (χ1v) is 12.3. The maximum absolute atomic E-state index is 4.85. The molecule has 0 radical (unpaired) electrons. The average Bonchev–Trinajstić information content (AvgIpc) is 3.35. The number of nitrogens with one attached hydrogen (secondary N) is 2. The molecule has 0 spiro atoms. The molecule has 1 saturated carbocycles. The van der Waals surface area contributed by atoms with Crippen LogP contribution in [0.3, 0.4) is 0 Å². The van der Waals surface area contributed by atoms with Gasteiger partial charge < -0.3 is 10.6 Å². The molecule has 1 aliphatic carbocycles. The summed E-state index contributed by atoms with van der Waals surface area (Å²) in [5, 5.41) is 7.09. The summed E-state index contributed by atoms with van der Waals surface area (Å²) < 4.78 is 0. The Morgan fingerprint density at radius 3 is 2.55 bits per heavy atom. The Morgan fingerprint density at radius 1 is 1.03 bits per heavy atom. The van der Waals surface area contributed by atoms with Gasteiger partial charge in [-0.2, -0.15) is 4.98 Å². The van der Waals surface area contributed by atoms with Gasteiger partial charge in [0.1, 0.15) is 5.82 Å². The SMILES string of the molecule is CCCCNc1ncc(-c2ccc(C(C)N3CCCC3)cn2)c(NC2CCCCC2)n1. The van der Waals surface area contributed by atoms with Crippen molar-refractivity contribution in [3.8, 4) is 11.3 Å². The van der Waals surface area contributed by atoms with Crippen LogP contribution in [0, 0.1) is 0 Å². The lowest BCUT2D eigenvalue weighted by molar-refractivity contribution is 0.263. The van der Waals surface area contributed by atoms with E-state index in [-0.39, 0.29) is 0 Å². The molecule has 1 aliphatic heterocycles. The van der Waals surface area contributed by atoms with E-state index >= 15 is 0 Å². The number of likely N-dealkylation sites (tertiary alicyclic amines) is 1. The van der Waals surface area contributed by atoms with Gasteiger partial charge in [0, 0.05) is 31.0 Å². The van der Waals surface area contributed by atoms with E-state index in [4.69, 9.17) is 9.97 Å². The number of pyridine rings is 1. The zero-order chi connectivity index (χ0) is 21.5. The van der Waals surface area contributed by atoms with Gasteiger partial charge in [-0.3, -0.25) is 9.88 Å². The second-order valence-corrected chi connectivity index (χ2v) is 9.11. The normalized spacial score (nSPS) is 18.8. The van der Waals surface area contributed by atoms with E-state index in [0.717, 1.165) is 36.5 Å². The van der Waals surface area contributed by atoms with Crippen molar-refractivity contribution in [1.82, 2.24) is 19.9 Å². The van der Waals surface area contributed by atoms with Gasteiger partial charge in [0.15, 0.2) is 0 Å². The summed E-state index contributed by atoms with van der Waals surface area (Å²) in [6, 6.07) is 5.27. The second-order valence-electron chi connectivity index (χ2n) is 9.11. The Labute approximate surface area is 187 Å². The second kappa shape index (κ2) is 10.9. The molecule has 6 heteroatoms. The third-order valence-electron chi connectivity index (χ3n) is 6.78. The predicted molar refractivity (Wildman–Crippen MR) is 128 cm³/mol. The average molecular weight is 423 g/mol. The summed E-state index contributed by atoms with van der Waals surface area (Å²) in [6.07, 6.45) is 15.2. The quantitative estimate of drug-likeness (QED) is 0.509. The summed E-state index contributed by atoms with van der Waals surface area (Å²) in [5.41, 5.74) is 3.22. The summed E-state index contributed by atoms with van der Waals surface area (Å²) in [7, 11) is 0. The minimum Gasteiger partial charge on any atom is -0.367 e. The number of hydrogen-bond acceptors (Lipinski definition) is 6. The Balaban J connectivity index is 1.54. The summed E-state index contributed by atoms with van der Waals surface area (Å²) in [5.74, 6) is 1.61. The van der Waals surface area contributed by atoms with Crippen LogP contribution in [0.2, 0.25) is 0 Å². The monoisotopic (exact) mass is 422 g/mol. The molecule has 1 saturated heterocycles.